The maximum Gasteiger partial charge on any atom is 0.0561 e. The zero-order valence-electron chi connectivity index (χ0n) is 31.0. The second-order valence-corrected chi connectivity index (χ2v) is 15.0. The van der Waals surface area contributed by atoms with Crippen molar-refractivity contribution in [3.8, 4) is 39.3 Å². The summed E-state index contributed by atoms with van der Waals surface area (Å²) in [5.41, 5.74) is 15.5. The molecule has 0 saturated heterocycles. The first kappa shape index (κ1) is 31.7. The quantitative estimate of drug-likeness (QED) is 0.168. The molecule has 0 spiro atoms. The molecule has 57 heavy (non-hydrogen) atoms. The lowest BCUT2D eigenvalue weighted by Gasteiger charge is -2.12. The van der Waals surface area contributed by atoms with Crippen molar-refractivity contribution in [3.63, 3.8) is 0 Å². The molecule has 0 radical (unpaired) electrons. The number of benzene rings is 9. The minimum atomic E-state index is 1.14. The Bertz CT molecular complexity index is 3440. The van der Waals surface area contributed by atoms with Crippen molar-refractivity contribution >= 4 is 65.4 Å². The molecule has 0 N–H and O–H groups in total. The topological polar surface area (TPSA) is 14.8 Å². The second-order valence-electron chi connectivity index (χ2n) is 15.0. The minimum absolute atomic E-state index is 1.14. The van der Waals surface area contributed by atoms with Crippen molar-refractivity contribution in [1.82, 2.24) is 13.7 Å². The van der Waals surface area contributed by atoms with Crippen LogP contribution in [-0.2, 0) is 0 Å². The Morgan fingerprint density at radius 2 is 0.526 bits per heavy atom. The number of aromatic nitrogens is 3. The summed E-state index contributed by atoms with van der Waals surface area (Å²) < 4.78 is 7.26. The standard InChI is InChI=1S/C54H35N3/c1-2-12-36(13-3-1)37-22-24-38(25-23-37)39-26-28-40(29-27-39)55-49-18-8-6-16-45(49)47-32-30-42(35-54(47)55)57-52-21-11-7-17-46(52)48-34-41(31-33-53(48)57)56-50-19-9-4-14-43(50)44-15-5-10-20-51(44)56/h1-35H. The predicted molar refractivity (Wildman–Crippen MR) is 240 cm³/mol. The lowest BCUT2D eigenvalue weighted by molar-refractivity contribution is 1.15. The van der Waals surface area contributed by atoms with Gasteiger partial charge in [-0.1, -0.05) is 146 Å². The molecule has 0 aliphatic rings. The third-order valence-corrected chi connectivity index (χ3v) is 11.9. The molecule has 0 bridgehead atoms. The van der Waals surface area contributed by atoms with Gasteiger partial charge in [0, 0.05) is 49.4 Å². The molecule has 3 heteroatoms. The van der Waals surface area contributed by atoms with E-state index >= 15 is 0 Å². The van der Waals surface area contributed by atoms with Crippen LogP contribution in [0.1, 0.15) is 0 Å². The van der Waals surface area contributed by atoms with Gasteiger partial charge < -0.3 is 13.7 Å². The molecule has 12 rings (SSSR count). The van der Waals surface area contributed by atoms with E-state index in [9.17, 15) is 0 Å². The van der Waals surface area contributed by atoms with Crippen molar-refractivity contribution in [2.75, 3.05) is 0 Å². The summed E-state index contributed by atoms with van der Waals surface area (Å²) in [4.78, 5) is 0. The van der Waals surface area contributed by atoms with Gasteiger partial charge in [0.2, 0.25) is 0 Å². The number of rotatable bonds is 5. The maximum atomic E-state index is 2.43. The SMILES string of the molecule is c1ccc(-c2ccc(-c3ccc(-n4c5ccccc5c5ccc(-n6c7ccccc7c7cc(-n8c9ccccc9c9ccccc98)ccc76)cc54)cc3)cc2)cc1. The molecule has 3 aromatic heterocycles. The van der Waals surface area contributed by atoms with Crippen LogP contribution in [0.4, 0.5) is 0 Å². The monoisotopic (exact) mass is 725 g/mol. The number of hydrogen-bond acceptors (Lipinski definition) is 0. The minimum Gasteiger partial charge on any atom is -0.309 e. The average Bonchev–Trinajstić information content (AvgIpc) is 3.92. The van der Waals surface area contributed by atoms with Gasteiger partial charge in [0.15, 0.2) is 0 Å². The molecule has 0 fully saturated rings. The fraction of sp³-hybridized carbons (Fsp3) is 0. The number of para-hydroxylation sites is 4. The molecule has 0 aliphatic heterocycles. The van der Waals surface area contributed by atoms with Crippen LogP contribution in [-0.4, -0.2) is 13.7 Å². The molecular formula is C54H35N3. The van der Waals surface area contributed by atoms with Crippen LogP contribution in [0.2, 0.25) is 0 Å². The summed E-state index contributed by atoms with van der Waals surface area (Å²) in [6, 6.07) is 77.4. The molecule has 0 saturated carbocycles. The first-order chi connectivity index (χ1) is 28.3. The van der Waals surface area contributed by atoms with Gasteiger partial charge in [-0.25, -0.2) is 0 Å². The molecule has 9 aromatic carbocycles. The average molecular weight is 726 g/mol. The molecule has 3 heterocycles. The van der Waals surface area contributed by atoms with E-state index in [1.54, 1.807) is 0 Å². The zero-order valence-corrected chi connectivity index (χ0v) is 31.0. The molecule has 266 valence electrons. The van der Waals surface area contributed by atoms with Gasteiger partial charge in [-0.15, -0.1) is 0 Å². The Morgan fingerprint density at radius 3 is 1.05 bits per heavy atom. The van der Waals surface area contributed by atoms with E-state index in [1.807, 2.05) is 0 Å². The van der Waals surface area contributed by atoms with Gasteiger partial charge in [0.25, 0.3) is 0 Å². The lowest BCUT2D eigenvalue weighted by Crippen LogP contribution is -1.97. The van der Waals surface area contributed by atoms with Crippen LogP contribution in [0.3, 0.4) is 0 Å². The second kappa shape index (κ2) is 12.5. The van der Waals surface area contributed by atoms with E-state index in [4.69, 9.17) is 0 Å². The van der Waals surface area contributed by atoms with Gasteiger partial charge in [0.1, 0.15) is 0 Å². The highest BCUT2D eigenvalue weighted by atomic mass is 15.0. The van der Waals surface area contributed by atoms with Crippen LogP contribution in [0.15, 0.2) is 212 Å². The molecule has 0 atom stereocenters. The summed E-state index contributed by atoms with van der Waals surface area (Å²) in [7, 11) is 0. The Labute approximate surface area is 329 Å². The van der Waals surface area contributed by atoms with Crippen LogP contribution in [0.25, 0.3) is 105 Å². The fourth-order valence-corrected chi connectivity index (χ4v) is 9.24. The lowest BCUT2D eigenvalue weighted by atomic mass is 10.0. The predicted octanol–water partition coefficient (Wildman–Crippen LogP) is 14.3. The fourth-order valence-electron chi connectivity index (χ4n) is 9.24. The molecular weight excluding hydrogens is 691 g/mol. The molecule has 12 aromatic rings. The first-order valence-electron chi connectivity index (χ1n) is 19.6. The van der Waals surface area contributed by atoms with E-state index in [2.05, 4.69) is 226 Å². The highest BCUT2D eigenvalue weighted by Crippen LogP contribution is 2.39. The summed E-state index contributed by atoms with van der Waals surface area (Å²) in [6.07, 6.45) is 0. The number of hydrogen-bond donors (Lipinski definition) is 0. The van der Waals surface area contributed by atoms with Crippen molar-refractivity contribution in [2.24, 2.45) is 0 Å². The maximum absolute atomic E-state index is 2.43. The van der Waals surface area contributed by atoms with Crippen LogP contribution < -0.4 is 0 Å². The van der Waals surface area contributed by atoms with Gasteiger partial charge in [0.05, 0.1) is 33.1 Å². The third-order valence-electron chi connectivity index (χ3n) is 11.9. The smallest absolute Gasteiger partial charge is 0.0561 e. The number of nitrogens with zero attached hydrogens (tertiary/aromatic N) is 3. The van der Waals surface area contributed by atoms with E-state index in [1.165, 1.54) is 87.7 Å². The molecule has 0 amide bonds. The summed E-state index contributed by atoms with van der Waals surface area (Å²) in [5, 5.41) is 7.50. The Balaban J connectivity index is 1.00. The van der Waals surface area contributed by atoms with Crippen molar-refractivity contribution < 1.29 is 0 Å². The Hall–Kier alpha value is -7.62. The van der Waals surface area contributed by atoms with Crippen molar-refractivity contribution in [2.45, 2.75) is 0 Å². The Kier molecular flexibility index (Phi) is 6.93. The van der Waals surface area contributed by atoms with Crippen molar-refractivity contribution in [1.29, 1.82) is 0 Å². The molecule has 0 aliphatic carbocycles. The summed E-state index contributed by atoms with van der Waals surface area (Å²) in [5.74, 6) is 0. The first-order valence-corrected chi connectivity index (χ1v) is 19.6. The molecule has 3 nitrogen and oxygen atoms in total. The van der Waals surface area contributed by atoms with Crippen LogP contribution >= 0.6 is 0 Å². The largest absolute Gasteiger partial charge is 0.309 e. The highest BCUT2D eigenvalue weighted by Gasteiger charge is 2.18. The van der Waals surface area contributed by atoms with E-state index < -0.39 is 0 Å². The normalized spacial score (nSPS) is 11.9. The molecule has 0 unspecified atom stereocenters. The van der Waals surface area contributed by atoms with E-state index in [0.717, 1.165) is 17.1 Å². The van der Waals surface area contributed by atoms with Crippen LogP contribution in [0.5, 0.6) is 0 Å². The van der Waals surface area contributed by atoms with Gasteiger partial charge in [-0.3, -0.25) is 0 Å². The van der Waals surface area contributed by atoms with E-state index in [0.29, 0.717) is 0 Å². The zero-order chi connectivity index (χ0) is 37.5. The van der Waals surface area contributed by atoms with Gasteiger partial charge in [-0.05, 0) is 89.0 Å². The Morgan fingerprint density at radius 1 is 0.193 bits per heavy atom. The van der Waals surface area contributed by atoms with Gasteiger partial charge >= 0.3 is 0 Å². The van der Waals surface area contributed by atoms with Crippen LogP contribution in [0, 0.1) is 0 Å². The summed E-state index contributed by atoms with van der Waals surface area (Å²) in [6.45, 7) is 0. The summed E-state index contributed by atoms with van der Waals surface area (Å²) >= 11 is 0. The van der Waals surface area contributed by atoms with Crippen molar-refractivity contribution in [3.05, 3.63) is 212 Å². The van der Waals surface area contributed by atoms with Gasteiger partial charge in [-0.2, -0.15) is 0 Å². The highest BCUT2D eigenvalue weighted by molar-refractivity contribution is 6.13. The number of fused-ring (bicyclic) bond motifs is 9. The van der Waals surface area contributed by atoms with E-state index in [-0.39, 0.29) is 0 Å². The third kappa shape index (κ3) is 4.86.